The molecule has 84 valence electrons. The number of fused-ring (bicyclic) bond motifs is 2. The number of allylic oxidation sites excluding steroid dienone is 5. The van der Waals surface area contributed by atoms with Crippen molar-refractivity contribution in [3.05, 3.63) is 70.5 Å². The van der Waals surface area contributed by atoms with Gasteiger partial charge in [0.05, 0.1) is 0 Å². The highest BCUT2D eigenvalue weighted by Crippen LogP contribution is 2.47. The van der Waals surface area contributed by atoms with Gasteiger partial charge < -0.3 is 0 Å². The standard InChI is InChI=1S/C17H16/c1-12-9-10-16-14(11-12)13-7-5-4-6-8-15(13)17(16,2)3/h4-5,7-11H,1-3H3. The van der Waals surface area contributed by atoms with Crippen LogP contribution in [0.15, 0.2) is 53.8 Å². The maximum atomic E-state index is 3.23. The van der Waals surface area contributed by atoms with Gasteiger partial charge >= 0.3 is 0 Å². The van der Waals surface area contributed by atoms with E-state index in [9.17, 15) is 0 Å². The van der Waals surface area contributed by atoms with Crippen molar-refractivity contribution in [3.8, 4) is 0 Å². The first-order valence-electron chi connectivity index (χ1n) is 6.06. The smallest absolute Gasteiger partial charge is 0.0164 e. The van der Waals surface area contributed by atoms with Crippen molar-refractivity contribution < 1.29 is 0 Å². The Morgan fingerprint density at radius 3 is 2.82 bits per heavy atom. The predicted molar refractivity (Wildman–Crippen MR) is 72.9 cm³/mol. The van der Waals surface area contributed by atoms with Gasteiger partial charge in [0.1, 0.15) is 0 Å². The van der Waals surface area contributed by atoms with Gasteiger partial charge in [0.2, 0.25) is 0 Å². The molecular weight excluding hydrogens is 204 g/mol. The van der Waals surface area contributed by atoms with Gasteiger partial charge in [-0.2, -0.15) is 0 Å². The van der Waals surface area contributed by atoms with E-state index >= 15 is 0 Å². The number of hydrogen-bond donors (Lipinski definition) is 0. The summed E-state index contributed by atoms with van der Waals surface area (Å²) < 4.78 is 0. The topological polar surface area (TPSA) is 0 Å². The second-order valence-electron chi connectivity index (χ2n) is 5.34. The largest absolute Gasteiger partial charge is 0.120 e. The summed E-state index contributed by atoms with van der Waals surface area (Å²) >= 11 is 0. The molecule has 0 spiro atoms. The lowest BCUT2D eigenvalue weighted by Gasteiger charge is -2.22. The minimum absolute atomic E-state index is 0.0912. The van der Waals surface area contributed by atoms with Gasteiger partial charge in [-0.25, -0.2) is 0 Å². The van der Waals surface area contributed by atoms with Crippen LogP contribution < -0.4 is 0 Å². The van der Waals surface area contributed by atoms with Gasteiger partial charge in [0.25, 0.3) is 0 Å². The maximum absolute atomic E-state index is 3.23. The van der Waals surface area contributed by atoms with E-state index in [0.29, 0.717) is 0 Å². The third-order valence-electron chi connectivity index (χ3n) is 3.79. The highest BCUT2D eigenvalue weighted by atomic mass is 14.4. The second kappa shape index (κ2) is 3.35. The van der Waals surface area contributed by atoms with Crippen LogP contribution in [0.4, 0.5) is 0 Å². The summed E-state index contributed by atoms with van der Waals surface area (Å²) in [5.74, 6) is 0. The Morgan fingerprint density at radius 2 is 2.00 bits per heavy atom. The summed E-state index contributed by atoms with van der Waals surface area (Å²) in [4.78, 5) is 0. The van der Waals surface area contributed by atoms with Gasteiger partial charge in [-0.05, 0) is 41.3 Å². The molecule has 0 heterocycles. The van der Waals surface area contributed by atoms with Gasteiger partial charge in [0.15, 0.2) is 0 Å². The molecule has 0 heteroatoms. The average Bonchev–Trinajstić information content (AvgIpc) is 2.49. The molecule has 1 aromatic rings. The Kier molecular flexibility index (Phi) is 2.05. The van der Waals surface area contributed by atoms with Crippen LogP contribution in [0.2, 0.25) is 0 Å². The fourth-order valence-electron chi connectivity index (χ4n) is 2.82. The van der Waals surface area contributed by atoms with Crippen LogP contribution in [0.25, 0.3) is 5.57 Å². The maximum Gasteiger partial charge on any atom is 0.0164 e. The van der Waals surface area contributed by atoms with E-state index in [1.807, 2.05) is 6.08 Å². The van der Waals surface area contributed by atoms with Gasteiger partial charge in [0, 0.05) is 5.41 Å². The van der Waals surface area contributed by atoms with E-state index in [1.165, 1.54) is 27.8 Å². The van der Waals surface area contributed by atoms with Crippen LogP contribution in [-0.4, -0.2) is 0 Å². The van der Waals surface area contributed by atoms with Gasteiger partial charge in [-0.15, -0.1) is 5.73 Å². The molecule has 3 rings (SSSR count). The van der Waals surface area contributed by atoms with E-state index in [2.05, 4.69) is 62.9 Å². The molecule has 0 saturated heterocycles. The Morgan fingerprint density at radius 1 is 1.18 bits per heavy atom. The third-order valence-corrected chi connectivity index (χ3v) is 3.79. The molecule has 0 N–H and O–H groups in total. The quantitative estimate of drug-likeness (QED) is 0.571. The molecule has 0 saturated carbocycles. The summed E-state index contributed by atoms with van der Waals surface area (Å²) in [7, 11) is 0. The zero-order valence-corrected chi connectivity index (χ0v) is 10.5. The molecule has 17 heavy (non-hydrogen) atoms. The molecular formula is C17H16. The fraction of sp³-hybridized carbons (Fsp3) is 0.235. The van der Waals surface area contributed by atoms with Crippen molar-refractivity contribution in [1.29, 1.82) is 0 Å². The minimum atomic E-state index is 0.0912. The van der Waals surface area contributed by atoms with Crippen molar-refractivity contribution in [2.24, 2.45) is 0 Å². The first-order chi connectivity index (χ1) is 8.10. The number of aryl methyl sites for hydroxylation is 1. The molecule has 0 aromatic heterocycles. The van der Waals surface area contributed by atoms with Crippen molar-refractivity contribution >= 4 is 5.57 Å². The Bertz CT molecular complexity index is 615. The summed E-state index contributed by atoms with van der Waals surface area (Å²) in [6.07, 6.45) is 8.39. The fourth-order valence-corrected chi connectivity index (χ4v) is 2.82. The van der Waals surface area contributed by atoms with Crippen LogP contribution in [0.3, 0.4) is 0 Å². The molecule has 0 amide bonds. The molecule has 0 aliphatic heterocycles. The van der Waals surface area contributed by atoms with Crippen LogP contribution in [0.1, 0.15) is 30.5 Å². The first kappa shape index (κ1) is 10.4. The van der Waals surface area contributed by atoms with Gasteiger partial charge in [-0.3, -0.25) is 0 Å². The van der Waals surface area contributed by atoms with Crippen molar-refractivity contribution in [2.75, 3.05) is 0 Å². The number of hydrogen-bond acceptors (Lipinski definition) is 0. The van der Waals surface area contributed by atoms with E-state index < -0.39 is 0 Å². The summed E-state index contributed by atoms with van der Waals surface area (Å²) in [6, 6.07) is 6.77. The first-order valence-corrected chi connectivity index (χ1v) is 6.06. The van der Waals surface area contributed by atoms with Crippen LogP contribution in [0.5, 0.6) is 0 Å². The van der Waals surface area contributed by atoms with E-state index in [0.717, 1.165) is 0 Å². The minimum Gasteiger partial charge on any atom is -0.120 e. The normalized spacial score (nSPS) is 19.2. The SMILES string of the molecule is Cc1ccc2c(c1)C1=C(C=C=CC=C1)C2(C)C. The summed E-state index contributed by atoms with van der Waals surface area (Å²) in [6.45, 7) is 6.74. The van der Waals surface area contributed by atoms with Crippen LogP contribution in [-0.2, 0) is 5.41 Å². The lowest BCUT2D eigenvalue weighted by Crippen LogP contribution is -2.15. The lowest BCUT2D eigenvalue weighted by molar-refractivity contribution is 0.654. The van der Waals surface area contributed by atoms with Crippen LogP contribution in [0, 0.1) is 6.92 Å². The molecule has 0 radical (unpaired) electrons. The molecule has 0 atom stereocenters. The number of rotatable bonds is 0. The highest BCUT2D eigenvalue weighted by Gasteiger charge is 2.35. The molecule has 0 bridgehead atoms. The average molecular weight is 220 g/mol. The monoisotopic (exact) mass is 220 g/mol. The molecule has 1 aromatic carbocycles. The second-order valence-corrected chi connectivity index (χ2v) is 5.34. The summed E-state index contributed by atoms with van der Waals surface area (Å²) in [5, 5.41) is 0. The molecule has 0 unspecified atom stereocenters. The van der Waals surface area contributed by atoms with E-state index in [1.54, 1.807) is 0 Å². The van der Waals surface area contributed by atoms with Gasteiger partial charge in [-0.1, -0.05) is 49.8 Å². The zero-order valence-electron chi connectivity index (χ0n) is 10.5. The Balaban J connectivity index is 2.35. The molecule has 0 nitrogen and oxygen atoms in total. The van der Waals surface area contributed by atoms with E-state index in [4.69, 9.17) is 0 Å². The van der Waals surface area contributed by atoms with Crippen molar-refractivity contribution in [1.82, 2.24) is 0 Å². The number of benzene rings is 1. The zero-order chi connectivity index (χ0) is 12.0. The van der Waals surface area contributed by atoms with Crippen LogP contribution >= 0.6 is 0 Å². The molecule has 0 fully saturated rings. The Labute approximate surface area is 103 Å². The van der Waals surface area contributed by atoms with E-state index in [-0.39, 0.29) is 5.41 Å². The Hall–Kier alpha value is -1.78. The highest BCUT2D eigenvalue weighted by molar-refractivity contribution is 5.88. The predicted octanol–water partition coefficient (Wildman–Crippen LogP) is 4.32. The lowest BCUT2D eigenvalue weighted by atomic mass is 9.81. The molecule has 2 aliphatic carbocycles. The summed E-state index contributed by atoms with van der Waals surface area (Å²) in [5.41, 5.74) is 10.2. The molecule has 2 aliphatic rings. The third kappa shape index (κ3) is 1.38. The van der Waals surface area contributed by atoms with Crippen molar-refractivity contribution in [2.45, 2.75) is 26.2 Å². The van der Waals surface area contributed by atoms with Crippen molar-refractivity contribution in [3.63, 3.8) is 0 Å².